The van der Waals surface area contributed by atoms with E-state index in [0.717, 1.165) is 11.1 Å². The first-order valence-corrected chi connectivity index (χ1v) is 11.4. The van der Waals surface area contributed by atoms with Gasteiger partial charge in [-0.05, 0) is 56.2 Å². The fraction of sp³-hybridized carbons (Fsp3) is 0.364. The molecule has 1 atom stereocenters. The molecule has 1 fully saturated rings. The fourth-order valence-corrected chi connectivity index (χ4v) is 3.88. The molecule has 0 radical (unpaired) electrons. The van der Waals surface area contributed by atoms with Gasteiger partial charge in [0.15, 0.2) is 6.10 Å². The van der Waals surface area contributed by atoms with Gasteiger partial charge in [0, 0.05) is 18.7 Å². The molecule has 3 rings (SSSR count). The van der Waals surface area contributed by atoms with Crippen LogP contribution in [0.5, 0.6) is 0 Å². The smallest absolute Gasteiger partial charge is 0.341 e. The van der Waals surface area contributed by atoms with Crippen molar-refractivity contribution in [3.63, 3.8) is 0 Å². The Morgan fingerprint density at radius 3 is 2.35 bits per heavy atom. The third kappa shape index (κ3) is 5.30. The van der Waals surface area contributed by atoms with Crippen molar-refractivity contribution >= 4 is 27.5 Å². The number of sulfonamides is 1. The third-order valence-corrected chi connectivity index (χ3v) is 6.22. The van der Waals surface area contributed by atoms with Gasteiger partial charge in [-0.15, -0.1) is 0 Å². The number of ether oxygens (including phenoxy) is 2. The molecule has 1 aliphatic heterocycles. The lowest BCUT2D eigenvalue weighted by molar-refractivity contribution is 0.0318. The van der Waals surface area contributed by atoms with Gasteiger partial charge in [-0.3, -0.25) is 4.79 Å². The van der Waals surface area contributed by atoms with Crippen LogP contribution in [-0.4, -0.2) is 52.6 Å². The van der Waals surface area contributed by atoms with Crippen LogP contribution in [0.1, 0.15) is 38.8 Å². The number of hydrogen-bond acceptors (Lipinski definition) is 7. The number of primary sulfonamides is 1. The zero-order valence-electron chi connectivity index (χ0n) is 17.8. The number of aryl methyl sites for hydroxylation is 2. The van der Waals surface area contributed by atoms with Crippen molar-refractivity contribution in [1.29, 1.82) is 0 Å². The van der Waals surface area contributed by atoms with Gasteiger partial charge in [0.05, 0.1) is 29.4 Å². The highest BCUT2D eigenvalue weighted by atomic mass is 32.2. The molecule has 31 heavy (non-hydrogen) atoms. The van der Waals surface area contributed by atoms with Gasteiger partial charge in [0.2, 0.25) is 15.8 Å². The number of Topliss-reactive ketones (excluding diaryl/α,β-unsaturated/α-hetero) is 1. The summed E-state index contributed by atoms with van der Waals surface area (Å²) >= 11 is 0. The van der Waals surface area contributed by atoms with E-state index in [1.54, 1.807) is 12.1 Å². The maximum Gasteiger partial charge on any atom is 0.341 e. The number of hydrogen-bond donors (Lipinski definition) is 1. The lowest BCUT2D eigenvalue weighted by Crippen LogP contribution is -2.37. The van der Waals surface area contributed by atoms with Crippen LogP contribution in [0.4, 0.5) is 5.69 Å². The molecule has 0 aliphatic carbocycles. The average molecular weight is 447 g/mol. The Labute approximate surface area is 182 Å². The number of carbonyl (C=O) groups is 2. The number of benzene rings is 2. The van der Waals surface area contributed by atoms with Crippen LogP contribution < -0.4 is 10.0 Å². The molecule has 0 amide bonds. The Balaban J connectivity index is 1.89. The zero-order valence-corrected chi connectivity index (χ0v) is 18.6. The third-order valence-electron chi connectivity index (χ3n) is 5.31. The molecule has 0 spiro atoms. The molecule has 1 heterocycles. The Morgan fingerprint density at radius 1 is 1.06 bits per heavy atom. The van der Waals surface area contributed by atoms with Crippen LogP contribution in [0.15, 0.2) is 41.3 Å². The van der Waals surface area contributed by atoms with Crippen LogP contribution >= 0.6 is 0 Å². The number of esters is 1. The Kier molecular flexibility index (Phi) is 6.78. The van der Waals surface area contributed by atoms with Crippen LogP contribution in [0.3, 0.4) is 0 Å². The molecule has 9 heteroatoms. The van der Waals surface area contributed by atoms with Gasteiger partial charge in [-0.25, -0.2) is 18.4 Å². The first-order chi connectivity index (χ1) is 14.6. The van der Waals surface area contributed by atoms with Gasteiger partial charge in [-0.1, -0.05) is 12.1 Å². The van der Waals surface area contributed by atoms with Crippen molar-refractivity contribution in [2.24, 2.45) is 5.14 Å². The minimum Gasteiger partial charge on any atom is -0.451 e. The van der Waals surface area contributed by atoms with Crippen molar-refractivity contribution in [1.82, 2.24) is 0 Å². The summed E-state index contributed by atoms with van der Waals surface area (Å²) in [5.74, 6) is -1.14. The highest BCUT2D eigenvalue weighted by Crippen LogP contribution is 2.26. The number of morpholine rings is 1. The summed E-state index contributed by atoms with van der Waals surface area (Å²) in [5, 5.41) is 5.24. The first kappa shape index (κ1) is 22.9. The first-order valence-electron chi connectivity index (χ1n) is 9.90. The number of ketones is 1. The van der Waals surface area contributed by atoms with E-state index >= 15 is 0 Å². The zero-order chi connectivity index (χ0) is 22.8. The Bertz CT molecular complexity index is 1110. The largest absolute Gasteiger partial charge is 0.451 e. The summed E-state index contributed by atoms with van der Waals surface area (Å²) in [4.78, 5) is 27.5. The normalized spacial score (nSPS) is 15.4. The molecule has 2 aromatic rings. The molecule has 0 saturated carbocycles. The molecular formula is C22H26N2O6S. The average Bonchev–Trinajstić information content (AvgIpc) is 2.74. The summed E-state index contributed by atoms with van der Waals surface area (Å²) in [6.45, 7) is 7.36. The number of nitrogens with zero attached hydrogens (tertiary/aromatic N) is 1. The topological polar surface area (TPSA) is 116 Å². The lowest BCUT2D eigenvalue weighted by atomic mass is 10.0. The van der Waals surface area contributed by atoms with Gasteiger partial charge in [0.1, 0.15) is 0 Å². The Hall–Kier alpha value is -2.75. The van der Waals surface area contributed by atoms with Gasteiger partial charge in [-0.2, -0.15) is 0 Å². The maximum atomic E-state index is 13.0. The molecule has 0 aromatic heterocycles. The summed E-state index contributed by atoms with van der Waals surface area (Å²) < 4.78 is 34.4. The molecule has 1 saturated heterocycles. The van der Waals surface area contributed by atoms with Crippen molar-refractivity contribution < 1.29 is 27.5 Å². The standard InChI is InChI=1S/C22H26N2O6S/c1-14-4-5-17(12-15(14)2)21(25)16(3)30-22(26)19-13-18(31(23,27)28)6-7-20(19)24-8-10-29-11-9-24/h4-7,12-13,16H,8-11H2,1-3H3,(H2,23,27,28)/t16-/m1/s1. The summed E-state index contributed by atoms with van der Waals surface area (Å²) in [7, 11) is -4.02. The van der Waals surface area contributed by atoms with E-state index in [2.05, 4.69) is 0 Å². The SMILES string of the molecule is Cc1ccc(C(=O)[C@@H](C)OC(=O)c2cc(S(N)(=O)=O)ccc2N2CCOCC2)cc1C. The maximum absolute atomic E-state index is 13.0. The molecular weight excluding hydrogens is 420 g/mol. The molecule has 1 aliphatic rings. The predicted molar refractivity (Wildman–Crippen MR) is 116 cm³/mol. The number of anilines is 1. The number of nitrogens with two attached hydrogens (primary N) is 1. The van der Waals surface area contributed by atoms with E-state index in [0.29, 0.717) is 37.6 Å². The molecule has 0 unspecified atom stereocenters. The summed E-state index contributed by atoms with van der Waals surface area (Å²) in [6, 6.07) is 9.34. The van der Waals surface area contributed by atoms with Gasteiger partial charge < -0.3 is 14.4 Å². The van der Waals surface area contributed by atoms with Gasteiger partial charge >= 0.3 is 5.97 Å². The molecule has 0 bridgehead atoms. The summed E-state index contributed by atoms with van der Waals surface area (Å²) in [6.07, 6.45) is -1.05. The monoisotopic (exact) mass is 446 g/mol. The van der Waals surface area contributed by atoms with Crippen molar-refractivity contribution in [3.8, 4) is 0 Å². The van der Waals surface area contributed by atoms with E-state index in [-0.39, 0.29) is 16.2 Å². The van der Waals surface area contributed by atoms with E-state index in [1.807, 2.05) is 24.8 Å². The van der Waals surface area contributed by atoms with E-state index in [4.69, 9.17) is 14.6 Å². The van der Waals surface area contributed by atoms with Gasteiger partial charge in [0.25, 0.3) is 0 Å². The van der Waals surface area contributed by atoms with Crippen molar-refractivity contribution in [2.75, 3.05) is 31.2 Å². The highest BCUT2D eigenvalue weighted by Gasteiger charge is 2.26. The highest BCUT2D eigenvalue weighted by molar-refractivity contribution is 7.89. The minimum absolute atomic E-state index is 0.0353. The van der Waals surface area contributed by atoms with E-state index in [9.17, 15) is 18.0 Å². The molecule has 166 valence electrons. The van der Waals surface area contributed by atoms with E-state index < -0.39 is 22.1 Å². The minimum atomic E-state index is -4.02. The number of rotatable bonds is 6. The lowest BCUT2D eigenvalue weighted by Gasteiger charge is -2.30. The second-order valence-electron chi connectivity index (χ2n) is 7.53. The second-order valence-corrected chi connectivity index (χ2v) is 9.10. The van der Waals surface area contributed by atoms with Crippen molar-refractivity contribution in [3.05, 3.63) is 58.7 Å². The number of carbonyl (C=O) groups excluding carboxylic acids is 2. The summed E-state index contributed by atoms with van der Waals surface area (Å²) in [5.41, 5.74) is 2.99. The van der Waals surface area contributed by atoms with Crippen LogP contribution in [0.2, 0.25) is 0 Å². The predicted octanol–water partition coefficient (Wildman–Crippen LogP) is 2.22. The fourth-order valence-electron chi connectivity index (χ4n) is 3.34. The van der Waals surface area contributed by atoms with E-state index in [1.165, 1.54) is 25.1 Å². The molecule has 8 nitrogen and oxygen atoms in total. The van der Waals surface area contributed by atoms with Crippen LogP contribution in [0, 0.1) is 13.8 Å². The quantitative estimate of drug-likeness (QED) is 0.534. The second kappa shape index (κ2) is 9.17. The van der Waals surface area contributed by atoms with Crippen LogP contribution in [0.25, 0.3) is 0 Å². The van der Waals surface area contributed by atoms with Crippen molar-refractivity contribution in [2.45, 2.75) is 31.8 Å². The molecule has 2 aromatic carbocycles. The molecule has 2 N–H and O–H groups in total. The Morgan fingerprint density at radius 2 is 1.74 bits per heavy atom. The van der Waals surface area contributed by atoms with Crippen LogP contribution in [-0.2, 0) is 19.5 Å².